The Morgan fingerprint density at radius 2 is 1.43 bits per heavy atom. The molecule has 4 rings (SSSR count). The van der Waals surface area contributed by atoms with E-state index >= 15 is 0 Å². The van der Waals surface area contributed by atoms with Crippen LogP contribution in [0.15, 0.2) is 82.6 Å². The third-order valence-electron chi connectivity index (χ3n) is 4.54. The van der Waals surface area contributed by atoms with Crippen molar-refractivity contribution in [3.8, 4) is 6.07 Å². The normalized spacial score (nSPS) is 12.4. The molecular formula is C23H14N2O4S. The summed E-state index contributed by atoms with van der Waals surface area (Å²) < 4.78 is 5.29. The van der Waals surface area contributed by atoms with Gasteiger partial charge in [0, 0.05) is 9.79 Å². The zero-order chi connectivity index (χ0) is 21.1. The molecule has 0 fully saturated rings. The summed E-state index contributed by atoms with van der Waals surface area (Å²) >= 11 is 1.27. The SMILES string of the molecule is N#Cc1ccccc1Sc1ccccc1C(=O)OCN1C(=O)c2ccccc2C1=O. The summed E-state index contributed by atoms with van der Waals surface area (Å²) in [6.07, 6.45) is 0. The maximum Gasteiger partial charge on any atom is 0.341 e. The Balaban J connectivity index is 1.51. The van der Waals surface area contributed by atoms with Gasteiger partial charge in [0.25, 0.3) is 11.8 Å². The molecule has 0 bridgehead atoms. The quantitative estimate of drug-likeness (QED) is 0.461. The van der Waals surface area contributed by atoms with Gasteiger partial charge in [-0.05, 0) is 36.4 Å². The third-order valence-corrected chi connectivity index (χ3v) is 5.69. The van der Waals surface area contributed by atoms with Crippen LogP contribution >= 0.6 is 11.8 Å². The molecule has 0 aromatic heterocycles. The van der Waals surface area contributed by atoms with Gasteiger partial charge in [-0.25, -0.2) is 9.69 Å². The van der Waals surface area contributed by atoms with Crippen molar-refractivity contribution < 1.29 is 19.1 Å². The van der Waals surface area contributed by atoms with E-state index in [1.54, 1.807) is 66.7 Å². The van der Waals surface area contributed by atoms with Gasteiger partial charge in [-0.15, -0.1) is 0 Å². The van der Waals surface area contributed by atoms with Crippen LogP contribution in [0.2, 0.25) is 0 Å². The van der Waals surface area contributed by atoms with Crippen molar-refractivity contribution in [2.45, 2.75) is 9.79 Å². The van der Waals surface area contributed by atoms with Crippen molar-refractivity contribution in [2.75, 3.05) is 6.73 Å². The lowest BCUT2D eigenvalue weighted by Crippen LogP contribution is -2.33. The van der Waals surface area contributed by atoms with Gasteiger partial charge in [-0.3, -0.25) is 9.59 Å². The average molecular weight is 414 g/mol. The average Bonchev–Trinajstić information content (AvgIpc) is 3.03. The largest absolute Gasteiger partial charge is 0.440 e. The van der Waals surface area contributed by atoms with Crippen molar-refractivity contribution in [3.63, 3.8) is 0 Å². The number of hydrogen-bond acceptors (Lipinski definition) is 6. The number of nitrogens with zero attached hydrogens (tertiary/aromatic N) is 2. The Labute approximate surface area is 176 Å². The van der Waals surface area contributed by atoms with E-state index < -0.39 is 24.5 Å². The van der Waals surface area contributed by atoms with Crippen molar-refractivity contribution in [1.82, 2.24) is 4.90 Å². The molecule has 7 heteroatoms. The zero-order valence-corrected chi connectivity index (χ0v) is 16.4. The molecule has 1 aliphatic heterocycles. The Bertz CT molecular complexity index is 1180. The summed E-state index contributed by atoms with van der Waals surface area (Å²) in [5.74, 6) is -1.65. The smallest absolute Gasteiger partial charge is 0.341 e. The topological polar surface area (TPSA) is 87.5 Å². The van der Waals surface area contributed by atoms with Crippen LogP contribution in [0.3, 0.4) is 0 Å². The second-order valence-electron chi connectivity index (χ2n) is 6.35. The maximum absolute atomic E-state index is 12.7. The van der Waals surface area contributed by atoms with E-state index in [4.69, 9.17) is 4.74 Å². The van der Waals surface area contributed by atoms with Gasteiger partial charge in [-0.2, -0.15) is 5.26 Å². The summed E-state index contributed by atoms with van der Waals surface area (Å²) in [5.41, 5.74) is 1.37. The minimum atomic E-state index is -0.663. The molecule has 0 aliphatic carbocycles. The first-order valence-corrected chi connectivity index (χ1v) is 9.80. The summed E-state index contributed by atoms with van der Waals surface area (Å²) in [6.45, 7) is -0.473. The molecule has 146 valence electrons. The Kier molecular flexibility index (Phi) is 5.33. The first-order chi connectivity index (χ1) is 14.6. The first-order valence-electron chi connectivity index (χ1n) is 8.98. The number of benzene rings is 3. The van der Waals surface area contributed by atoms with Crippen molar-refractivity contribution in [2.24, 2.45) is 0 Å². The second-order valence-corrected chi connectivity index (χ2v) is 7.43. The summed E-state index contributed by atoms with van der Waals surface area (Å²) in [5, 5.41) is 9.28. The van der Waals surface area contributed by atoms with Crippen molar-refractivity contribution in [3.05, 3.63) is 95.1 Å². The van der Waals surface area contributed by atoms with E-state index in [1.807, 2.05) is 6.07 Å². The summed E-state index contributed by atoms with van der Waals surface area (Å²) in [4.78, 5) is 39.8. The van der Waals surface area contributed by atoms with E-state index in [-0.39, 0.29) is 5.56 Å². The molecule has 0 radical (unpaired) electrons. The molecule has 6 nitrogen and oxygen atoms in total. The molecular weight excluding hydrogens is 400 g/mol. The van der Waals surface area contributed by atoms with Crippen LogP contribution in [0.5, 0.6) is 0 Å². The molecule has 30 heavy (non-hydrogen) atoms. The van der Waals surface area contributed by atoms with Crippen LogP contribution < -0.4 is 0 Å². The lowest BCUT2D eigenvalue weighted by atomic mass is 10.1. The highest BCUT2D eigenvalue weighted by molar-refractivity contribution is 7.99. The van der Waals surface area contributed by atoms with Crippen molar-refractivity contribution >= 4 is 29.5 Å². The predicted octanol–water partition coefficient (Wildman–Crippen LogP) is 4.12. The number of esters is 1. The number of imide groups is 1. The number of ether oxygens (including phenoxy) is 1. The van der Waals surface area contributed by atoms with Gasteiger partial charge in [0.05, 0.1) is 22.3 Å². The van der Waals surface area contributed by atoms with E-state index in [9.17, 15) is 19.6 Å². The monoisotopic (exact) mass is 414 g/mol. The zero-order valence-electron chi connectivity index (χ0n) is 15.6. The maximum atomic E-state index is 12.7. The Hall–Kier alpha value is -3.89. The number of rotatable bonds is 5. The number of carbonyl (C=O) groups is 3. The molecule has 2 amide bonds. The molecule has 0 atom stereocenters. The fraction of sp³-hybridized carbons (Fsp3) is 0.0435. The minimum Gasteiger partial charge on any atom is -0.440 e. The van der Waals surface area contributed by atoms with Crippen LogP contribution in [0.4, 0.5) is 0 Å². The van der Waals surface area contributed by atoms with E-state index in [0.717, 1.165) is 4.90 Å². The fourth-order valence-corrected chi connectivity index (χ4v) is 4.06. The number of carbonyl (C=O) groups excluding carboxylic acids is 3. The number of nitriles is 1. The number of fused-ring (bicyclic) bond motifs is 1. The molecule has 1 heterocycles. The second kappa shape index (κ2) is 8.23. The predicted molar refractivity (Wildman–Crippen MR) is 109 cm³/mol. The lowest BCUT2D eigenvalue weighted by molar-refractivity contribution is 0.0225. The van der Waals surface area contributed by atoms with Gasteiger partial charge in [0.15, 0.2) is 6.73 Å². The Morgan fingerprint density at radius 3 is 2.10 bits per heavy atom. The van der Waals surface area contributed by atoms with Crippen LogP contribution in [0.1, 0.15) is 36.6 Å². The van der Waals surface area contributed by atoms with Gasteiger partial charge in [-0.1, -0.05) is 48.2 Å². The highest BCUT2D eigenvalue weighted by atomic mass is 32.2. The first kappa shape index (κ1) is 19.4. The molecule has 1 aliphatic rings. The third kappa shape index (κ3) is 3.56. The highest BCUT2D eigenvalue weighted by Crippen LogP contribution is 2.33. The van der Waals surface area contributed by atoms with Crippen LogP contribution in [-0.4, -0.2) is 29.4 Å². The molecule has 3 aromatic rings. The standard InChI is InChI=1S/C23H14N2O4S/c24-13-15-7-1-5-11-19(15)30-20-12-6-4-10-18(20)23(28)29-14-25-21(26)16-8-2-3-9-17(16)22(25)27/h1-12H,14H2. The van der Waals surface area contributed by atoms with E-state index in [1.165, 1.54) is 11.8 Å². The highest BCUT2D eigenvalue weighted by Gasteiger charge is 2.35. The van der Waals surface area contributed by atoms with Gasteiger partial charge < -0.3 is 4.74 Å². The van der Waals surface area contributed by atoms with Crippen LogP contribution in [-0.2, 0) is 4.74 Å². The summed E-state index contributed by atoms with van der Waals surface area (Å²) in [7, 11) is 0. The van der Waals surface area contributed by atoms with Crippen LogP contribution in [0.25, 0.3) is 0 Å². The minimum absolute atomic E-state index is 0.284. The van der Waals surface area contributed by atoms with Crippen LogP contribution in [0, 0.1) is 11.3 Å². The van der Waals surface area contributed by atoms with E-state index in [2.05, 4.69) is 6.07 Å². The van der Waals surface area contributed by atoms with Gasteiger partial charge in [0.1, 0.15) is 6.07 Å². The molecule has 0 N–H and O–H groups in total. The molecule has 3 aromatic carbocycles. The lowest BCUT2D eigenvalue weighted by Gasteiger charge is -2.15. The molecule has 0 unspecified atom stereocenters. The molecule has 0 saturated heterocycles. The van der Waals surface area contributed by atoms with Gasteiger partial charge in [0.2, 0.25) is 0 Å². The molecule has 0 spiro atoms. The summed E-state index contributed by atoms with van der Waals surface area (Å²) in [6, 6.07) is 22.5. The fourth-order valence-electron chi connectivity index (χ4n) is 3.05. The number of hydrogen-bond donors (Lipinski definition) is 0. The molecule has 0 saturated carbocycles. The Morgan fingerprint density at radius 1 is 0.867 bits per heavy atom. The number of amides is 2. The van der Waals surface area contributed by atoms with Crippen molar-refractivity contribution in [1.29, 1.82) is 5.26 Å². The van der Waals surface area contributed by atoms with E-state index in [0.29, 0.717) is 26.5 Å². The van der Waals surface area contributed by atoms with Gasteiger partial charge >= 0.3 is 5.97 Å².